The minimum absolute atomic E-state index is 0.378. The quantitative estimate of drug-likeness (QED) is 0.793. The van der Waals surface area contributed by atoms with Crippen LogP contribution in [0.25, 0.3) is 0 Å². The van der Waals surface area contributed by atoms with Gasteiger partial charge in [-0.25, -0.2) is 4.39 Å². The number of benzene rings is 1. The predicted molar refractivity (Wildman–Crippen MR) is 50.1 cm³/mol. The number of hydrogen-bond acceptors (Lipinski definition) is 2. The maximum Gasteiger partial charge on any atom is 0.125 e. The second-order valence-corrected chi connectivity index (χ2v) is 3.03. The Morgan fingerprint density at radius 3 is 2.92 bits per heavy atom. The number of nitrogens with zero attached hydrogens (tertiary/aromatic N) is 1. The predicted octanol–water partition coefficient (Wildman–Crippen LogP) is 2.80. The zero-order chi connectivity index (χ0) is 9.84. The summed E-state index contributed by atoms with van der Waals surface area (Å²) in [6, 6.07) is 5.55. The first-order valence-electron chi connectivity index (χ1n) is 3.74. The van der Waals surface area contributed by atoms with Crippen LogP contribution in [-0.4, -0.2) is 6.04 Å². The molecule has 0 saturated carbocycles. The molecule has 1 unspecified atom stereocenters. The highest BCUT2D eigenvalue weighted by molar-refractivity contribution is 6.33. The summed E-state index contributed by atoms with van der Waals surface area (Å²) >= 11 is 5.76. The molecule has 2 nitrogen and oxygen atoms in total. The number of anilines is 1. The van der Waals surface area contributed by atoms with Crippen LogP contribution in [0.1, 0.15) is 6.92 Å². The molecule has 4 heteroatoms. The Balaban J connectivity index is 2.88. The van der Waals surface area contributed by atoms with E-state index in [1.165, 1.54) is 18.2 Å². The van der Waals surface area contributed by atoms with Gasteiger partial charge < -0.3 is 5.32 Å². The van der Waals surface area contributed by atoms with Crippen molar-refractivity contribution < 1.29 is 4.39 Å². The van der Waals surface area contributed by atoms with Crippen molar-refractivity contribution in [2.24, 2.45) is 0 Å². The number of nitriles is 1. The van der Waals surface area contributed by atoms with Gasteiger partial charge in [0.1, 0.15) is 11.9 Å². The summed E-state index contributed by atoms with van der Waals surface area (Å²) in [4.78, 5) is 0. The average Bonchev–Trinajstić information content (AvgIpc) is 2.11. The molecular weight excluding hydrogens is 191 g/mol. The van der Waals surface area contributed by atoms with Crippen LogP contribution in [0.3, 0.4) is 0 Å². The summed E-state index contributed by atoms with van der Waals surface area (Å²) in [5, 5.41) is 11.7. The zero-order valence-electron chi connectivity index (χ0n) is 7.01. The van der Waals surface area contributed by atoms with Gasteiger partial charge in [0.15, 0.2) is 0 Å². The second kappa shape index (κ2) is 4.11. The van der Waals surface area contributed by atoms with Crippen LogP contribution in [0.15, 0.2) is 18.2 Å². The summed E-state index contributed by atoms with van der Waals surface area (Å²) in [6.07, 6.45) is 0. The van der Waals surface area contributed by atoms with Gasteiger partial charge in [-0.15, -0.1) is 0 Å². The van der Waals surface area contributed by atoms with E-state index in [-0.39, 0.29) is 11.9 Å². The van der Waals surface area contributed by atoms with Crippen LogP contribution in [0.4, 0.5) is 10.1 Å². The Morgan fingerprint density at radius 1 is 1.62 bits per heavy atom. The highest BCUT2D eigenvalue weighted by atomic mass is 35.5. The Bertz CT molecular complexity index is 346. The van der Waals surface area contributed by atoms with Gasteiger partial charge in [0.05, 0.1) is 16.8 Å². The first kappa shape index (κ1) is 9.82. The molecule has 0 aliphatic carbocycles. The molecule has 0 radical (unpaired) electrons. The lowest BCUT2D eigenvalue weighted by Crippen LogP contribution is -2.12. The minimum Gasteiger partial charge on any atom is -0.369 e. The third kappa shape index (κ3) is 2.60. The van der Waals surface area contributed by atoms with Crippen LogP contribution in [-0.2, 0) is 0 Å². The highest BCUT2D eigenvalue weighted by Crippen LogP contribution is 2.22. The minimum atomic E-state index is -0.390. The molecule has 0 aliphatic heterocycles. The van der Waals surface area contributed by atoms with Crippen molar-refractivity contribution in [1.29, 1.82) is 5.26 Å². The van der Waals surface area contributed by atoms with E-state index in [2.05, 4.69) is 5.32 Å². The lowest BCUT2D eigenvalue weighted by molar-refractivity contribution is 0.628. The molecule has 0 amide bonds. The van der Waals surface area contributed by atoms with Gasteiger partial charge in [-0.1, -0.05) is 11.6 Å². The Hall–Kier alpha value is -1.27. The molecule has 1 aromatic carbocycles. The van der Waals surface area contributed by atoms with Crippen LogP contribution < -0.4 is 5.32 Å². The van der Waals surface area contributed by atoms with E-state index in [1.807, 2.05) is 6.07 Å². The monoisotopic (exact) mass is 198 g/mol. The van der Waals surface area contributed by atoms with Crippen molar-refractivity contribution in [3.63, 3.8) is 0 Å². The molecule has 0 bridgehead atoms. The summed E-state index contributed by atoms with van der Waals surface area (Å²) in [6.45, 7) is 1.67. The fourth-order valence-corrected chi connectivity index (χ4v) is 1.05. The molecule has 0 aromatic heterocycles. The number of nitrogens with one attached hydrogen (secondary N) is 1. The summed E-state index contributed by atoms with van der Waals surface area (Å²) < 4.78 is 12.7. The van der Waals surface area contributed by atoms with Gasteiger partial charge in [-0.2, -0.15) is 5.26 Å². The van der Waals surface area contributed by atoms with E-state index in [0.717, 1.165) is 0 Å². The molecule has 1 aromatic rings. The van der Waals surface area contributed by atoms with E-state index >= 15 is 0 Å². The number of rotatable bonds is 2. The maximum atomic E-state index is 12.7. The Morgan fingerprint density at radius 2 is 2.31 bits per heavy atom. The van der Waals surface area contributed by atoms with Crippen molar-refractivity contribution in [2.75, 3.05) is 5.32 Å². The smallest absolute Gasteiger partial charge is 0.125 e. The summed E-state index contributed by atoms with van der Waals surface area (Å²) in [5.74, 6) is -0.378. The third-order valence-corrected chi connectivity index (χ3v) is 1.82. The Labute approximate surface area is 80.9 Å². The molecule has 0 heterocycles. The van der Waals surface area contributed by atoms with E-state index < -0.39 is 0 Å². The van der Waals surface area contributed by atoms with Crippen LogP contribution in [0.2, 0.25) is 5.02 Å². The van der Waals surface area contributed by atoms with E-state index in [4.69, 9.17) is 16.9 Å². The topological polar surface area (TPSA) is 35.8 Å². The molecule has 1 rings (SSSR count). The van der Waals surface area contributed by atoms with E-state index in [9.17, 15) is 4.39 Å². The number of hydrogen-bond donors (Lipinski definition) is 1. The molecule has 0 spiro atoms. The van der Waals surface area contributed by atoms with Crippen molar-refractivity contribution in [3.8, 4) is 6.07 Å². The summed E-state index contributed by atoms with van der Waals surface area (Å²) in [7, 11) is 0. The third-order valence-electron chi connectivity index (χ3n) is 1.49. The van der Waals surface area contributed by atoms with Crippen LogP contribution in [0.5, 0.6) is 0 Å². The number of halogens is 2. The van der Waals surface area contributed by atoms with Crippen LogP contribution >= 0.6 is 11.6 Å². The van der Waals surface area contributed by atoms with Crippen LogP contribution in [0, 0.1) is 17.1 Å². The molecule has 0 aliphatic rings. The standard InChI is InChI=1S/C9H8ClFN2/c1-6(5-12)13-9-4-7(11)2-3-8(9)10/h2-4,6,13H,1H3. The molecule has 0 fully saturated rings. The lowest BCUT2D eigenvalue weighted by atomic mass is 10.2. The van der Waals surface area contributed by atoms with E-state index in [0.29, 0.717) is 10.7 Å². The molecular formula is C9H8ClFN2. The fourth-order valence-electron chi connectivity index (χ4n) is 0.874. The molecule has 1 N–H and O–H groups in total. The molecule has 68 valence electrons. The maximum absolute atomic E-state index is 12.7. The van der Waals surface area contributed by atoms with Gasteiger partial charge in [0.25, 0.3) is 0 Å². The molecule has 0 saturated heterocycles. The SMILES string of the molecule is CC(C#N)Nc1cc(F)ccc1Cl. The fraction of sp³-hybridized carbons (Fsp3) is 0.222. The normalized spacial score (nSPS) is 11.8. The second-order valence-electron chi connectivity index (χ2n) is 2.62. The zero-order valence-corrected chi connectivity index (χ0v) is 7.77. The summed E-state index contributed by atoms with van der Waals surface area (Å²) in [5.41, 5.74) is 0.440. The highest BCUT2D eigenvalue weighted by Gasteiger charge is 2.04. The van der Waals surface area contributed by atoms with Gasteiger partial charge in [0.2, 0.25) is 0 Å². The first-order valence-corrected chi connectivity index (χ1v) is 4.12. The van der Waals surface area contributed by atoms with Crippen molar-refractivity contribution in [2.45, 2.75) is 13.0 Å². The average molecular weight is 199 g/mol. The van der Waals surface area contributed by atoms with Gasteiger partial charge in [-0.3, -0.25) is 0 Å². The van der Waals surface area contributed by atoms with Crippen molar-refractivity contribution in [1.82, 2.24) is 0 Å². The lowest BCUT2D eigenvalue weighted by Gasteiger charge is -2.09. The van der Waals surface area contributed by atoms with E-state index in [1.54, 1.807) is 6.92 Å². The molecule has 13 heavy (non-hydrogen) atoms. The van der Waals surface area contributed by atoms with Gasteiger partial charge in [0, 0.05) is 0 Å². The van der Waals surface area contributed by atoms with Gasteiger partial charge in [-0.05, 0) is 25.1 Å². The van der Waals surface area contributed by atoms with Crippen molar-refractivity contribution >= 4 is 17.3 Å². The molecule has 1 atom stereocenters. The van der Waals surface area contributed by atoms with Gasteiger partial charge >= 0.3 is 0 Å². The largest absolute Gasteiger partial charge is 0.369 e. The first-order chi connectivity index (χ1) is 6.13. The Kier molecular flexibility index (Phi) is 3.10. The van der Waals surface area contributed by atoms with Crippen molar-refractivity contribution in [3.05, 3.63) is 29.0 Å².